The zero-order valence-electron chi connectivity index (χ0n) is 9.36. The fraction of sp³-hybridized carbons (Fsp3) is 0.800. The van der Waals surface area contributed by atoms with E-state index < -0.39 is 12.0 Å². The second-order valence-corrected chi connectivity index (χ2v) is 5.03. The fourth-order valence-electron chi connectivity index (χ4n) is 1.57. The molecule has 0 saturated carbocycles. The summed E-state index contributed by atoms with van der Waals surface area (Å²) in [5.41, 5.74) is 0. The Labute approximate surface area is 99.4 Å². The topological polar surface area (TPSA) is 78.4 Å². The van der Waals surface area contributed by atoms with Crippen molar-refractivity contribution in [1.82, 2.24) is 10.6 Å². The third kappa shape index (κ3) is 4.30. The summed E-state index contributed by atoms with van der Waals surface area (Å²) < 4.78 is 0. The van der Waals surface area contributed by atoms with Gasteiger partial charge in [-0.1, -0.05) is 6.92 Å². The molecule has 6 heteroatoms. The molecule has 0 aromatic heterocycles. The van der Waals surface area contributed by atoms with Gasteiger partial charge in [0.05, 0.1) is 0 Å². The van der Waals surface area contributed by atoms with Crippen molar-refractivity contribution < 1.29 is 14.7 Å². The SMILES string of the molecule is CC[C@H](NC(=O)NC1CCSCC1)C(=O)O. The highest BCUT2D eigenvalue weighted by molar-refractivity contribution is 7.99. The molecule has 1 fully saturated rings. The lowest BCUT2D eigenvalue weighted by molar-refractivity contribution is -0.139. The van der Waals surface area contributed by atoms with E-state index in [4.69, 9.17) is 5.11 Å². The number of amides is 2. The number of carbonyl (C=O) groups is 2. The van der Waals surface area contributed by atoms with E-state index in [1.165, 1.54) is 0 Å². The smallest absolute Gasteiger partial charge is 0.326 e. The minimum Gasteiger partial charge on any atom is -0.480 e. The van der Waals surface area contributed by atoms with E-state index in [0.717, 1.165) is 24.3 Å². The van der Waals surface area contributed by atoms with Crippen LogP contribution in [0.4, 0.5) is 4.79 Å². The van der Waals surface area contributed by atoms with E-state index in [0.29, 0.717) is 6.42 Å². The summed E-state index contributed by atoms with van der Waals surface area (Å²) in [6.45, 7) is 1.73. The Morgan fingerprint density at radius 1 is 1.44 bits per heavy atom. The first-order chi connectivity index (χ1) is 7.63. The molecular weight excluding hydrogens is 228 g/mol. The van der Waals surface area contributed by atoms with Crippen LogP contribution in [0.2, 0.25) is 0 Å². The van der Waals surface area contributed by atoms with Gasteiger partial charge < -0.3 is 15.7 Å². The standard InChI is InChI=1S/C10H18N2O3S/c1-2-8(9(13)14)12-10(15)11-7-3-5-16-6-4-7/h7-8H,2-6H2,1H3,(H,13,14)(H2,11,12,15)/t8-/m0/s1. The Morgan fingerprint density at radius 3 is 2.56 bits per heavy atom. The fourth-order valence-corrected chi connectivity index (χ4v) is 2.67. The lowest BCUT2D eigenvalue weighted by Gasteiger charge is -2.23. The van der Waals surface area contributed by atoms with Crippen LogP contribution in [0.15, 0.2) is 0 Å². The molecule has 1 saturated heterocycles. The van der Waals surface area contributed by atoms with E-state index in [1.807, 2.05) is 11.8 Å². The van der Waals surface area contributed by atoms with Crippen LogP contribution in [0.25, 0.3) is 0 Å². The Bertz CT molecular complexity index is 254. The van der Waals surface area contributed by atoms with E-state index >= 15 is 0 Å². The van der Waals surface area contributed by atoms with Crippen LogP contribution in [0.1, 0.15) is 26.2 Å². The number of carboxylic acids is 1. The van der Waals surface area contributed by atoms with E-state index in [2.05, 4.69) is 10.6 Å². The highest BCUT2D eigenvalue weighted by atomic mass is 32.2. The Balaban J connectivity index is 2.31. The van der Waals surface area contributed by atoms with Gasteiger partial charge in [-0.2, -0.15) is 11.8 Å². The van der Waals surface area contributed by atoms with E-state index in [9.17, 15) is 9.59 Å². The summed E-state index contributed by atoms with van der Waals surface area (Å²) in [6, 6.07) is -0.975. The number of carboxylic acid groups (broad SMARTS) is 1. The molecule has 0 radical (unpaired) electrons. The molecule has 0 aliphatic carbocycles. The zero-order valence-corrected chi connectivity index (χ0v) is 10.2. The Hall–Kier alpha value is -0.910. The molecule has 1 atom stereocenters. The van der Waals surface area contributed by atoms with Crippen molar-refractivity contribution in [3.63, 3.8) is 0 Å². The van der Waals surface area contributed by atoms with Crippen LogP contribution in [-0.2, 0) is 4.79 Å². The number of thioether (sulfide) groups is 1. The van der Waals surface area contributed by atoms with Crippen LogP contribution in [-0.4, -0.2) is 40.7 Å². The monoisotopic (exact) mass is 246 g/mol. The maximum atomic E-state index is 11.5. The number of rotatable bonds is 4. The normalized spacial score (nSPS) is 18.8. The first-order valence-corrected chi connectivity index (χ1v) is 6.66. The predicted octanol–water partition coefficient (Wildman–Crippen LogP) is 1.04. The van der Waals surface area contributed by atoms with Crippen LogP contribution in [0.3, 0.4) is 0 Å². The first kappa shape index (κ1) is 13.2. The summed E-state index contributed by atoms with van der Waals surface area (Å²) in [5.74, 6) is 1.12. The van der Waals surface area contributed by atoms with Gasteiger partial charge in [-0.15, -0.1) is 0 Å². The quantitative estimate of drug-likeness (QED) is 0.692. The molecule has 1 aliphatic rings. The second kappa shape index (κ2) is 6.62. The van der Waals surface area contributed by atoms with E-state index in [-0.39, 0.29) is 12.1 Å². The number of carbonyl (C=O) groups excluding carboxylic acids is 1. The maximum Gasteiger partial charge on any atom is 0.326 e. The lowest BCUT2D eigenvalue weighted by atomic mass is 10.1. The van der Waals surface area contributed by atoms with Gasteiger partial charge in [-0.3, -0.25) is 0 Å². The van der Waals surface area contributed by atoms with Crippen molar-refractivity contribution in [3.8, 4) is 0 Å². The Kier molecular flexibility index (Phi) is 5.45. The highest BCUT2D eigenvalue weighted by Gasteiger charge is 2.20. The van der Waals surface area contributed by atoms with Gasteiger partial charge in [-0.05, 0) is 30.8 Å². The van der Waals surface area contributed by atoms with Crippen LogP contribution >= 0.6 is 11.8 Å². The minimum atomic E-state index is -0.989. The molecule has 16 heavy (non-hydrogen) atoms. The molecule has 3 N–H and O–H groups in total. The van der Waals surface area contributed by atoms with Crippen LogP contribution < -0.4 is 10.6 Å². The molecule has 1 rings (SSSR count). The molecule has 92 valence electrons. The van der Waals surface area contributed by atoms with Crippen LogP contribution in [0.5, 0.6) is 0 Å². The van der Waals surface area contributed by atoms with Crippen molar-refractivity contribution in [1.29, 1.82) is 0 Å². The third-order valence-corrected chi connectivity index (χ3v) is 3.62. The molecule has 0 unspecified atom stereocenters. The summed E-state index contributed by atoms with van der Waals surface area (Å²) >= 11 is 1.88. The number of nitrogens with one attached hydrogen (secondary N) is 2. The lowest BCUT2D eigenvalue weighted by Crippen LogP contribution is -2.49. The van der Waals surface area contributed by atoms with Gasteiger partial charge in [0.1, 0.15) is 6.04 Å². The number of hydrogen-bond donors (Lipinski definition) is 3. The van der Waals surface area contributed by atoms with Crippen molar-refractivity contribution in [2.45, 2.75) is 38.3 Å². The molecule has 0 aromatic rings. The van der Waals surface area contributed by atoms with Crippen molar-refractivity contribution in [3.05, 3.63) is 0 Å². The molecule has 5 nitrogen and oxygen atoms in total. The van der Waals surface area contributed by atoms with Crippen molar-refractivity contribution in [2.75, 3.05) is 11.5 Å². The van der Waals surface area contributed by atoms with Crippen molar-refractivity contribution in [2.24, 2.45) is 0 Å². The second-order valence-electron chi connectivity index (χ2n) is 3.80. The molecule has 0 aromatic carbocycles. The van der Waals surface area contributed by atoms with Gasteiger partial charge in [0.25, 0.3) is 0 Å². The first-order valence-electron chi connectivity index (χ1n) is 5.51. The molecule has 0 spiro atoms. The number of urea groups is 1. The van der Waals surface area contributed by atoms with Crippen LogP contribution in [0, 0.1) is 0 Å². The molecule has 1 aliphatic heterocycles. The number of aliphatic carboxylic acids is 1. The van der Waals surface area contributed by atoms with E-state index in [1.54, 1.807) is 6.92 Å². The van der Waals surface area contributed by atoms with Gasteiger partial charge >= 0.3 is 12.0 Å². The van der Waals surface area contributed by atoms with Gasteiger partial charge in [-0.25, -0.2) is 9.59 Å². The third-order valence-electron chi connectivity index (χ3n) is 2.57. The van der Waals surface area contributed by atoms with Gasteiger partial charge in [0.2, 0.25) is 0 Å². The molecule has 0 bridgehead atoms. The average Bonchev–Trinajstić information content (AvgIpc) is 2.27. The summed E-state index contributed by atoms with van der Waals surface area (Å²) in [4.78, 5) is 22.2. The summed E-state index contributed by atoms with van der Waals surface area (Å²) in [7, 11) is 0. The molecule has 2 amide bonds. The highest BCUT2D eigenvalue weighted by Crippen LogP contribution is 2.16. The molecular formula is C10H18N2O3S. The molecule has 1 heterocycles. The minimum absolute atomic E-state index is 0.188. The van der Waals surface area contributed by atoms with Crippen molar-refractivity contribution >= 4 is 23.8 Å². The average molecular weight is 246 g/mol. The Morgan fingerprint density at radius 2 is 2.06 bits per heavy atom. The van der Waals surface area contributed by atoms with Gasteiger partial charge in [0.15, 0.2) is 0 Å². The predicted molar refractivity (Wildman–Crippen MR) is 63.7 cm³/mol. The zero-order chi connectivity index (χ0) is 12.0. The number of hydrogen-bond acceptors (Lipinski definition) is 3. The van der Waals surface area contributed by atoms with Gasteiger partial charge in [0, 0.05) is 6.04 Å². The summed E-state index contributed by atoms with van der Waals surface area (Å²) in [6.07, 6.45) is 2.31. The maximum absolute atomic E-state index is 11.5. The largest absolute Gasteiger partial charge is 0.480 e. The summed E-state index contributed by atoms with van der Waals surface area (Å²) in [5, 5.41) is 14.1.